The molecule has 1 aromatic carbocycles. The SMILES string of the molecule is C[n+]1c2n(c3cn4ncccc4c31)Cc1ccncc1-2.Cc1ccncc1-c1nc2cn3ncccc3c2n1-c1ccccc1.[2H]C([2H])([2H])[n+]1c2n(c3cn4ncccc4c31)Cc1ccncc1-2.c1cnc2c3c(cn2c1)sc1[n+]3Cc2ccncc2-1.c1cnn2cc3c(oc4[n+]3Cc3ccncc3-4)c2c1. The van der Waals surface area contributed by atoms with Crippen LogP contribution in [-0.2, 0) is 40.2 Å². The number of hydrogen-bond acceptors (Lipinski definition) is 13. The van der Waals surface area contributed by atoms with Crippen molar-refractivity contribution in [2.75, 3.05) is 0 Å². The molecule has 4 aliphatic rings. The molecule has 0 amide bonds. The van der Waals surface area contributed by atoms with Gasteiger partial charge in [-0.1, -0.05) is 29.5 Å². The quantitative estimate of drug-likeness (QED) is 0.148. The first-order chi connectivity index (χ1) is 52.1. The fourth-order valence-corrected chi connectivity index (χ4v) is 16.6. The van der Waals surface area contributed by atoms with Crippen LogP contribution in [0.4, 0.5) is 0 Å². The van der Waals surface area contributed by atoms with Crippen molar-refractivity contribution < 1.29 is 26.8 Å². The molecule has 0 fully saturated rings. The smallest absolute Gasteiger partial charge is 0.384 e. The summed E-state index contributed by atoms with van der Waals surface area (Å²) < 4.78 is 55.7. The summed E-state index contributed by atoms with van der Waals surface area (Å²) in [6, 6.07) is 38.2. The molecular weight excluding hydrogens is 1310 g/mol. The van der Waals surface area contributed by atoms with Crippen LogP contribution in [0.15, 0.2) is 250 Å². The van der Waals surface area contributed by atoms with Gasteiger partial charge in [-0.05, 0) is 110 Å². The molecule has 0 saturated heterocycles. The minimum atomic E-state index is -2.28. The van der Waals surface area contributed by atoms with E-state index in [9.17, 15) is 0 Å². The number of para-hydroxylation sites is 1. The van der Waals surface area contributed by atoms with Gasteiger partial charge in [0.05, 0.1) is 58.9 Å². The molecule has 0 saturated carbocycles. The monoisotopic (exact) mass is 1370 g/mol. The largest absolute Gasteiger partial charge is 0.395 e. The number of fused-ring (bicyclic) bond motifs is 31. The number of pyridine rings is 5. The van der Waals surface area contributed by atoms with E-state index < -0.39 is 6.98 Å². The lowest BCUT2D eigenvalue weighted by Gasteiger charge is -2.11. The molecule has 24 nitrogen and oxygen atoms in total. The molecule has 0 N–H and O–H groups in total. The van der Waals surface area contributed by atoms with Gasteiger partial charge in [0.1, 0.15) is 63.0 Å². The van der Waals surface area contributed by atoms with E-state index in [1.54, 1.807) is 35.5 Å². The van der Waals surface area contributed by atoms with Crippen LogP contribution in [0.1, 0.15) is 31.9 Å². The lowest BCUT2D eigenvalue weighted by molar-refractivity contribution is -0.649. The van der Waals surface area contributed by atoms with Gasteiger partial charge < -0.3 is 8.82 Å². The molecule has 492 valence electrons. The maximum absolute atomic E-state index is 8.03. The number of hydrogen-bond donors (Lipinski definition) is 0. The fraction of sp³-hybridized carbons (Fsp3) is 0.0897. The van der Waals surface area contributed by atoms with Crippen LogP contribution in [0, 0.1) is 6.92 Å². The van der Waals surface area contributed by atoms with E-state index >= 15 is 0 Å². The van der Waals surface area contributed by atoms with Gasteiger partial charge >= 0.3 is 5.89 Å². The Balaban J connectivity index is 0.0000000854. The Hall–Kier alpha value is -13.8. The lowest BCUT2D eigenvalue weighted by Crippen LogP contribution is -2.30. The van der Waals surface area contributed by atoms with E-state index in [4.69, 9.17) is 13.5 Å². The number of benzene rings is 1. The number of thiazole rings is 1. The standard InChI is InChI=1S/C20H15N5.2C15H12N5.C14H9N4O.C14H9N4S/c1-14-9-11-21-12-16(14)20-23-17-13-24-18(8-5-10-22-24)19(17)25(20)15-6-3-2-4-7-15;2*1-18-14-12-3-2-5-17-20(12)9-13(14)19-8-10-4-6-16-7-11(10)15(18)19;1-2-11-13-12(8-18(11)16-4-1)17-7-9-3-5-15-6-10(9)14(17)19-13;1-3-16-13-12-11(8-17(13)5-1)19-14-10-6-15-4-2-9(10)7-18(12)14/h2-13H,1H3;2*2-7,9H,8H2,1H3;2*1-6,8H,7H2/q;4*+1/i;1D3;;;. The van der Waals surface area contributed by atoms with E-state index in [2.05, 4.69) is 140 Å². The molecule has 0 aliphatic carbocycles. The second-order valence-electron chi connectivity index (χ2n) is 25.7. The number of nitrogens with zero attached hydrogens (tertiary/aromatic N) is 23. The highest BCUT2D eigenvalue weighted by Gasteiger charge is 2.39. The predicted molar refractivity (Wildman–Crippen MR) is 387 cm³/mol. The minimum Gasteiger partial charge on any atom is -0.395 e. The van der Waals surface area contributed by atoms with E-state index in [0.29, 0.717) is 17.9 Å². The van der Waals surface area contributed by atoms with E-state index in [1.807, 2.05) is 195 Å². The molecule has 25 heteroatoms. The normalized spacial score (nSPS) is 13.2. The molecule has 0 radical (unpaired) electrons. The van der Waals surface area contributed by atoms with Gasteiger partial charge in [-0.2, -0.15) is 29.5 Å². The molecule has 25 rings (SSSR count). The Bertz CT molecular complexity index is 7150. The molecular formula is C78H57N23OS+4. The van der Waals surface area contributed by atoms with Gasteiger partial charge in [-0.25, -0.2) is 46.3 Å². The summed E-state index contributed by atoms with van der Waals surface area (Å²) in [6.07, 6.45) is 39.6. The first-order valence-corrected chi connectivity index (χ1v) is 34.2. The van der Waals surface area contributed by atoms with Crippen molar-refractivity contribution in [1.29, 1.82) is 0 Å². The molecule has 4 aliphatic heterocycles. The zero-order chi connectivity index (χ0) is 70.6. The Kier molecular flexibility index (Phi) is 12.1. The minimum absolute atomic E-state index is 0.643. The van der Waals surface area contributed by atoms with Gasteiger partial charge in [0.15, 0.2) is 24.1 Å². The average molecular weight is 1370 g/mol. The third-order valence-electron chi connectivity index (χ3n) is 20.0. The highest BCUT2D eigenvalue weighted by molar-refractivity contribution is 7.21. The maximum Gasteiger partial charge on any atom is 0.384 e. The lowest BCUT2D eigenvalue weighted by atomic mass is 10.1. The number of imidazole rings is 3. The third kappa shape index (κ3) is 8.84. The van der Waals surface area contributed by atoms with Gasteiger partial charge in [0, 0.05) is 139 Å². The first kappa shape index (κ1) is 55.1. The second kappa shape index (κ2) is 22.6. The Labute approximate surface area is 590 Å². The zero-order valence-electron chi connectivity index (χ0n) is 58.0. The molecule has 0 spiro atoms. The van der Waals surface area contributed by atoms with Gasteiger partial charge in [-0.15, -0.1) is 0 Å². The molecule has 21 aromatic rings. The van der Waals surface area contributed by atoms with Gasteiger partial charge in [0.25, 0.3) is 27.7 Å². The number of rotatable bonds is 2. The van der Waals surface area contributed by atoms with Crippen LogP contribution in [-0.4, -0.2) is 91.4 Å². The van der Waals surface area contributed by atoms with E-state index in [1.165, 1.54) is 64.5 Å². The van der Waals surface area contributed by atoms with Gasteiger partial charge in [0.2, 0.25) is 22.3 Å². The van der Waals surface area contributed by atoms with Crippen LogP contribution >= 0.6 is 11.3 Å². The summed E-state index contributed by atoms with van der Waals surface area (Å²) in [5, 5.41) is 18.7. The summed E-state index contributed by atoms with van der Waals surface area (Å²) in [5.41, 5.74) is 26.8. The summed E-state index contributed by atoms with van der Waals surface area (Å²) in [6.45, 7) is 3.10. The fourth-order valence-electron chi connectivity index (χ4n) is 15.4. The Morgan fingerprint density at radius 3 is 1.72 bits per heavy atom. The Morgan fingerprint density at radius 1 is 0.485 bits per heavy atom. The van der Waals surface area contributed by atoms with Crippen molar-refractivity contribution in [3.63, 3.8) is 0 Å². The van der Waals surface area contributed by atoms with Crippen molar-refractivity contribution in [2.24, 2.45) is 14.0 Å². The van der Waals surface area contributed by atoms with Crippen LogP contribution < -0.4 is 18.3 Å². The van der Waals surface area contributed by atoms with Crippen LogP contribution in [0.3, 0.4) is 0 Å². The maximum atomic E-state index is 8.03. The predicted octanol–water partition coefficient (Wildman–Crippen LogP) is 11.2. The number of oxazole rings is 1. The molecule has 20 aromatic heterocycles. The highest BCUT2D eigenvalue weighted by atomic mass is 32.1. The highest BCUT2D eigenvalue weighted by Crippen LogP contribution is 2.40. The molecule has 24 heterocycles. The van der Waals surface area contributed by atoms with Crippen molar-refractivity contribution >= 4 is 93.5 Å². The molecule has 0 atom stereocenters. The van der Waals surface area contributed by atoms with Crippen LogP contribution in [0.2, 0.25) is 0 Å². The summed E-state index contributed by atoms with van der Waals surface area (Å²) in [4.78, 5) is 30.6. The summed E-state index contributed by atoms with van der Waals surface area (Å²) in [7, 11) is 2.11. The van der Waals surface area contributed by atoms with Crippen molar-refractivity contribution in [1.82, 2.24) is 91.4 Å². The molecule has 0 bridgehead atoms. The summed E-state index contributed by atoms with van der Waals surface area (Å²) in [5.74, 6) is 3.70. The Morgan fingerprint density at radius 2 is 1.05 bits per heavy atom. The molecule has 103 heavy (non-hydrogen) atoms. The van der Waals surface area contributed by atoms with E-state index in [0.717, 1.165) is 120 Å². The van der Waals surface area contributed by atoms with Crippen molar-refractivity contribution in [3.8, 4) is 61.9 Å². The van der Waals surface area contributed by atoms with Crippen LogP contribution in [0.25, 0.3) is 144 Å². The van der Waals surface area contributed by atoms with Crippen LogP contribution in [0.5, 0.6) is 0 Å². The van der Waals surface area contributed by atoms with Crippen molar-refractivity contribution in [2.45, 2.75) is 33.1 Å². The number of aromatic nitrogens is 23. The molecule has 0 unspecified atom stereocenters. The average Bonchev–Trinajstić information content (AvgIpc) is 1.54. The van der Waals surface area contributed by atoms with Crippen molar-refractivity contribution in [3.05, 3.63) is 273 Å². The topological polar surface area (TPSA) is 207 Å². The summed E-state index contributed by atoms with van der Waals surface area (Å²) >= 11 is 1.82. The third-order valence-corrected chi connectivity index (χ3v) is 21.1. The van der Waals surface area contributed by atoms with E-state index in [-0.39, 0.29) is 0 Å². The van der Waals surface area contributed by atoms with Gasteiger partial charge in [-0.3, -0.25) is 29.5 Å². The second-order valence-corrected chi connectivity index (χ2v) is 26.7. The zero-order valence-corrected chi connectivity index (χ0v) is 55.8. The number of aryl methyl sites for hydroxylation is 3. The first-order valence-electron chi connectivity index (χ1n) is 34.9.